The summed E-state index contributed by atoms with van der Waals surface area (Å²) in [6, 6.07) is 10.5. The minimum absolute atomic E-state index is 0.0171. The molecule has 0 aromatic heterocycles. The van der Waals surface area contributed by atoms with Crippen molar-refractivity contribution in [1.29, 1.82) is 0 Å². The first kappa shape index (κ1) is 18.3. The molecule has 0 aliphatic carbocycles. The summed E-state index contributed by atoms with van der Waals surface area (Å²) in [5.74, 6) is 1.38. The lowest BCUT2D eigenvalue weighted by Gasteiger charge is -2.26. The first-order chi connectivity index (χ1) is 13.0. The fourth-order valence-corrected chi connectivity index (χ4v) is 2.66. The average Bonchev–Trinajstić information content (AvgIpc) is 2.69. The van der Waals surface area contributed by atoms with E-state index in [1.807, 2.05) is 6.07 Å². The minimum Gasteiger partial charge on any atom is -0.493 e. The van der Waals surface area contributed by atoms with Gasteiger partial charge in [0.2, 0.25) is 5.91 Å². The van der Waals surface area contributed by atoms with Crippen LogP contribution >= 0.6 is 0 Å². The highest BCUT2D eigenvalue weighted by Crippen LogP contribution is 2.33. The van der Waals surface area contributed by atoms with Gasteiger partial charge < -0.3 is 24.4 Å². The number of hydrogen-bond donors (Lipinski definition) is 1. The van der Waals surface area contributed by atoms with E-state index >= 15 is 0 Å². The molecule has 0 radical (unpaired) electrons. The monoisotopic (exact) mass is 368 g/mol. The summed E-state index contributed by atoms with van der Waals surface area (Å²) in [6.07, 6.45) is 3.10. The molecule has 27 heavy (non-hydrogen) atoms. The topological polar surface area (TPSA) is 77.1 Å². The van der Waals surface area contributed by atoms with Gasteiger partial charge in [0.1, 0.15) is 5.75 Å². The number of methoxy groups -OCH3 is 2. The molecule has 140 valence electrons. The number of benzene rings is 2. The molecule has 7 heteroatoms. The predicted octanol–water partition coefficient (Wildman–Crippen LogP) is 2.71. The highest BCUT2D eigenvalue weighted by atomic mass is 16.5. The molecule has 0 fully saturated rings. The predicted molar refractivity (Wildman–Crippen MR) is 103 cm³/mol. The zero-order valence-electron chi connectivity index (χ0n) is 15.3. The van der Waals surface area contributed by atoms with Gasteiger partial charge in [0.25, 0.3) is 5.91 Å². The Bertz CT molecular complexity index is 907. The third-order valence-electron chi connectivity index (χ3n) is 4.15. The van der Waals surface area contributed by atoms with Crippen molar-refractivity contribution in [2.24, 2.45) is 0 Å². The van der Waals surface area contributed by atoms with E-state index in [0.29, 0.717) is 28.6 Å². The summed E-state index contributed by atoms with van der Waals surface area (Å²) in [4.78, 5) is 25.5. The van der Waals surface area contributed by atoms with E-state index in [0.717, 1.165) is 5.56 Å². The zero-order valence-corrected chi connectivity index (χ0v) is 15.3. The Hall–Kier alpha value is -3.48. The van der Waals surface area contributed by atoms with Gasteiger partial charge in [-0.05, 0) is 42.0 Å². The number of ether oxygens (including phenoxy) is 3. The number of nitrogens with one attached hydrogen (secondary N) is 1. The van der Waals surface area contributed by atoms with Gasteiger partial charge in [-0.25, -0.2) is 0 Å². The lowest BCUT2D eigenvalue weighted by molar-refractivity contribution is -0.121. The van der Waals surface area contributed by atoms with Crippen LogP contribution in [0.25, 0.3) is 6.08 Å². The van der Waals surface area contributed by atoms with Crippen LogP contribution < -0.4 is 24.4 Å². The van der Waals surface area contributed by atoms with Gasteiger partial charge >= 0.3 is 0 Å². The van der Waals surface area contributed by atoms with Crippen LogP contribution in [0.2, 0.25) is 0 Å². The van der Waals surface area contributed by atoms with Crippen LogP contribution in [0.1, 0.15) is 5.56 Å². The second-order valence-electron chi connectivity index (χ2n) is 5.86. The van der Waals surface area contributed by atoms with Gasteiger partial charge in [-0.2, -0.15) is 0 Å². The molecule has 1 aliphatic heterocycles. The molecule has 2 aromatic rings. The number of rotatable bonds is 5. The van der Waals surface area contributed by atoms with Crippen molar-refractivity contribution < 1.29 is 23.8 Å². The molecule has 1 aliphatic rings. The number of carbonyl (C=O) groups excluding carboxylic acids is 2. The largest absolute Gasteiger partial charge is 0.493 e. The number of nitrogens with zero attached hydrogens (tertiary/aromatic N) is 1. The molecule has 2 aromatic carbocycles. The van der Waals surface area contributed by atoms with Crippen molar-refractivity contribution >= 4 is 29.3 Å². The van der Waals surface area contributed by atoms with Crippen molar-refractivity contribution in [3.63, 3.8) is 0 Å². The third-order valence-corrected chi connectivity index (χ3v) is 4.15. The molecule has 1 heterocycles. The highest BCUT2D eigenvalue weighted by Gasteiger charge is 2.22. The first-order valence-electron chi connectivity index (χ1n) is 8.26. The van der Waals surface area contributed by atoms with E-state index in [1.54, 1.807) is 57.7 Å². The van der Waals surface area contributed by atoms with E-state index in [4.69, 9.17) is 14.2 Å². The lowest BCUT2D eigenvalue weighted by Crippen LogP contribution is -2.35. The van der Waals surface area contributed by atoms with E-state index in [9.17, 15) is 9.59 Å². The number of hydrogen-bond acceptors (Lipinski definition) is 5. The van der Waals surface area contributed by atoms with E-state index in [-0.39, 0.29) is 18.4 Å². The van der Waals surface area contributed by atoms with Crippen LogP contribution in [0.3, 0.4) is 0 Å². The Morgan fingerprint density at radius 3 is 2.67 bits per heavy atom. The van der Waals surface area contributed by atoms with Crippen LogP contribution in [0.15, 0.2) is 42.5 Å². The number of fused-ring (bicyclic) bond motifs is 1. The number of likely N-dealkylation sites (N-methyl/N-ethyl adjacent to an activating group) is 1. The van der Waals surface area contributed by atoms with E-state index in [1.165, 1.54) is 11.0 Å². The van der Waals surface area contributed by atoms with Crippen LogP contribution in [0.5, 0.6) is 17.2 Å². The van der Waals surface area contributed by atoms with Gasteiger partial charge in [-0.1, -0.05) is 6.07 Å². The normalized spacial score (nSPS) is 13.1. The maximum Gasteiger partial charge on any atom is 0.264 e. The maximum absolute atomic E-state index is 12.2. The SMILES string of the molecule is COc1ccc(/C=C/C(=O)Nc2ccc3c(c2)N(C)C(=O)CO3)cc1OC. The van der Waals surface area contributed by atoms with Crippen LogP contribution in [-0.2, 0) is 9.59 Å². The highest BCUT2D eigenvalue weighted by molar-refractivity contribution is 6.03. The fraction of sp³-hybridized carbons (Fsp3) is 0.200. The molecule has 7 nitrogen and oxygen atoms in total. The van der Waals surface area contributed by atoms with Gasteiger partial charge in [-0.15, -0.1) is 0 Å². The molecule has 3 rings (SSSR count). The lowest BCUT2D eigenvalue weighted by atomic mass is 10.2. The van der Waals surface area contributed by atoms with Gasteiger partial charge in [0, 0.05) is 18.8 Å². The van der Waals surface area contributed by atoms with Crippen molar-refractivity contribution in [1.82, 2.24) is 0 Å². The summed E-state index contributed by atoms with van der Waals surface area (Å²) in [5.41, 5.74) is 1.99. The van der Waals surface area contributed by atoms with Gasteiger partial charge in [0.15, 0.2) is 18.1 Å². The van der Waals surface area contributed by atoms with Crippen LogP contribution in [0.4, 0.5) is 11.4 Å². The van der Waals surface area contributed by atoms with Gasteiger partial charge in [0.05, 0.1) is 19.9 Å². The summed E-state index contributed by atoms with van der Waals surface area (Å²) >= 11 is 0. The molecule has 0 unspecified atom stereocenters. The Kier molecular flexibility index (Phi) is 5.30. The molecule has 0 atom stereocenters. The van der Waals surface area contributed by atoms with Gasteiger partial charge in [-0.3, -0.25) is 9.59 Å². The Labute approximate surface area is 157 Å². The minimum atomic E-state index is -0.296. The fourth-order valence-electron chi connectivity index (χ4n) is 2.66. The summed E-state index contributed by atoms with van der Waals surface area (Å²) in [6.45, 7) is 0.0171. The van der Waals surface area contributed by atoms with Crippen molar-refractivity contribution in [3.05, 3.63) is 48.0 Å². The summed E-state index contributed by atoms with van der Waals surface area (Å²) in [5, 5.41) is 2.77. The smallest absolute Gasteiger partial charge is 0.264 e. The Morgan fingerprint density at radius 1 is 1.15 bits per heavy atom. The molecule has 0 bridgehead atoms. The maximum atomic E-state index is 12.2. The average molecular weight is 368 g/mol. The molecule has 0 saturated carbocycles. The molecule has 1 N–H and O–H groups in total. The molecule has 2 amide bonds. The van der Waals surface area contributed by atoms with E-state index < -0.39 is 0 Å². The van der Waals surface area contributed by atoms with Crippen molar-refractivity contribution in [2.75, 3.05) is 38.1 Å². The summed E-state index contributed by atoms with van der Waals surface area (Å²) < 4.78 is 15.8. The van der Waals surface area contributed by atoms with Crippen molar-refractivity contribution in [3.8, 4) is 17.2 Å². The number of amides is 2. The number of carbonyl (C=O) groups is 2. The molecular weight excluding hydrogens is 348 g/mol. The molecular formula is C20H20N2O5. The summed E-state index contributed by atoms with van der Waals surface area (Å²) in [7, 11) is 4.79. The zero-order chi connectivity index (χ0) is 19.4. The Morgan fingerprint density at radius 2 is 1.93 bits per heavy atom. The van der Waals surface area contributed by atoms with Crippen molar-refractivity contribution in [2.45, 2.75) is 0 Å². The Balaban J connectivity index is 1.71. The van der Waals surface area contributed by atoms with Crippen LogP contribution in [-0.4, -0.2) is 39.7 Å². The second-order valence-corrected chi connectivity index (χ2v) is 5.86. The number of anilines is 2. The first-order valence-corrected chi connectivity index (χ1v) is 8.26. The van der Waals surface area contributed by atoms with E-state index in [2.05, 4.69) is 5.32 Å². The quantitative estimate of drug-likeness (QED) is 0.821. The second kappa shape index (κ2) is 7.82. The standard InChI is InChI=1S/C20H20N2O5/c1-22-15-11-14(6-8-16(15)27-12-20(22)24)21-19(23)9-5-13-4-7-17(25-2)18(10-13)26-3/h4-11H,12H2,1-3H3,(H,21,23)/b9-5+. The molecule has 0 spiro atoms. The molecule has 0 saturated heterocycles. The van der Waals surface area contributed by atoms with Crippen LogP contribution in [0, 0.1) is 0 Å². The third kappa shape index (κ3) is 4.03.